The van der Waals surface area contributed by atoms with Crippen LogP contribution in [0.15, 0.2) is 16.4 Å². The Morgan fingerprint density at radius 3 is 2.58 bits per heavy atom. The number of aliphatic carboxylic acids is 2. The van der Waals surface area contributed by atoms with Gasteiger partial charge in [-0.05, 0) is 27.9 Å². The van der Waals surface area contributed by atoms with Gasteiger partial charge in [-0.2, -0.15) is 0 Å². The summed E-state index contributed by atoms with van der Waals surface area (Å²) in [6.45, 7) is 0. The fourth-order valence-electron chi connectivity index (χ4n) is 3.66. The topological polar surface area (TPSA) is 212 Å². The monoisotopic (exact) mass is 621 g/mol. The zero-order chi connectivity index (χ0) is 26.2. The molecule has 2 fully saturated rings. The molecule has 0 radical (unpaired) electrons. The van der Waals surface area contributed by atoms with Crippen molar-refractivity contribution in [3.63, 3.8) is 0 Å². The molecule has 0 aromatic carbocycles. The molecule has 3 aliphatic heterocycles. The van der Waals surface area contributed by atoms with Crippen LogP contribution >= 0.6 is 47.2 Å². The average Bonchev–Trinajstić information content (AvgIpc) is 3.43. The van der Waals surface area contributed by atoms with Crippen molar-refractivity contribution in [1.82, 2.24) is 35.1 Å². The summed E-state index contributed by atoms with van der Waals surface area (Å²) in [5, 5.41) is 36.3. The number of carboxylic acid groups (broad SMARTS) is 2. The number of fused-ring (bicyclic) bond motifs is 1. The van der Waals surface area contributed by atoms with Crippen LogP contribution in [0.25, 0.3) is 0 Å². The van der Waals surface area contributed by atoms with Gasteiger partial charge in [0.1, 0.15) is 11.3 Å². The molecule has 1 aromatic rings. The van der Waals surface area contributed by atoms with Crippen LogP contribution in [0.3, 0.4) is 0 Å². The molecule has 3 unspecified atom stereocenters. The number of rotatable bonds is 10. The smallest absolute Gasteiger partial charge is 0.549 e. The summed E-state index contributed by atoms with van der Waals surface area (Å²) in [6, 6.07) is 0. The Hall–Kier alpha value is -0.480. The number of nitrogens with one attached hydrogen (secondary N) is 2. The number of amides is 3. The van der Waals surface area contributed by atoms with E-state index in [4.69, 9.17) is 4.74 Å². The van der Waals surface area contributed by atoms with Gasteiger partial charge in [0, 0.05) is 25.7 Å². The van der Waals surface area contributed by atoms with Gasteiger partial charge in [0.15, 0.2) is 0 Å². The van der Waals surface area contributed by atoms with E-state index in [9.17, 15) is 34.2 Å². The van der Waals surface area contributed by atoms with E-state index in [1.807, 2.05) is 0 Å². The molecule has 21 heteroatoms. The van der Waals surface area contributed by atoms with Crippen molar-refractivity contribution in [2.75, 3.05) is 24.4 Å². The van der Waals surface area contributed by atoms with E-state index in [0.717, 1.165) is 28.6 Å². The Labute approximate surface area is 276 Å². The summed E-state index contributed by atoms with van der Waals surface area (Å²) in [5.41, 5.74) is -1.70. The Kier molecular flexibility index (Phi) is 12.4. The molecule has 194 valence electrons. The molecule has 0 aliphatic carbocycles. The van der Waals surface area contributed by atoms with Crippen LogP contribution in [-0.4, -0.2) is 94.8 Å². The second-order valence-electron chi connectivity index (χ2n) is 7.50. The maximum atomic E-state index is 13.1. The van der Waals surface area contributed by atoms with Crippen LogP contribution in [0.1, 0.15) is 0 Å². The molecular weight excluding hydrogens is 604 g/mol. The van der Waals surface area contributed by atoms with E-state index in [2.05, 4.69) is 25.6 Å². The fraction of sp³-hybridized carbons (Fsp3) is 0.529. The van der Waals surface area contributed by atoms with E-state index < -0.39 is 51.3 Å². The van der Waals surface area contributed by atoms with Gasteiger partial charge in [-0.1, -0.05) is 11.8 Å². The van der Waals surface area contributed by atoms with Crippen LogP contribution in [0.5, 0.6) is 0 Å². The number of nitrogens with zero attached hydrogens (tertiary/aromatic N) is 5. The number of carboxylic acids is 2. The number of aromatic nitrogens is 4. The molecule has 2 N–H and O–H groups in total. The first-order chi connectivity index (χ1) is 17.1. The van der Waals surface area contributed by atoms with Crippen LogP contribution in [0.2, 0.25) is 0 Å². The van der Waals surface area contributed by atoms with Crippen LogP contribution in [0, 0.1) is 5.92 Å². The van der Waals surface area contributed by atoms with Gasteiger partial charge in [-0.15, -0.1) is 28.6 Å². The van der Waals surface area contributed by atoms with E-state index in [-0.39, 0.29) is 82.1 Å². The van der Waals surface area contributed by atoms with Crippen molar-refractivity contribution in [3.8, 4) is 0 Å². The van der Waals surface area contributed by atoms with Crippen LogP contribution in [0.4, 0.5) is 0 Å². The number of carbonyl (C=O) groups is 5. The summed E-state index contributed by atoms with van der Waals surface area (Å²) in [5.74, 6) is -6.59. The van der Waals surface area contributed by atoms with Gasteiger partial charge in [-0.3, -0.25) is 24.0 Å². The first-order valence-corrected chi connectivity index (χ1v) is 13.9. The molecule has 4 atom stereocenters. The number of ether oxygens (including phenoxy) is 1. The molecular formula is C17H17N7Na2O8S4. The van der Waals surface area contributed by atoms with E-state index in [1.165, 1.54) is 35.3 Å². The molecule has 15 nitrogen and oxygen atoms in total. The molecule has 0 bridgehead atoms. The molecule has 1 aromatic heterocycles. The number of hydrogen-bond donors (Lipinski definition) is 2. The fourth-order valence-corrected chi connectivity index (χ4v) is 8.25. The number of hydrogen-bond acceptors (Lipinski definition) is 15. The van der Waals surface area contributed by atoms with E-state index in [1.54, 1.807) is 7.05 Å². The van der Waals surface area contributed by atoms with Crippen molar-refractivity contribution in [2.24, 2.45) is 13.0 Å². The predicted octanol–water partition coefficient (Wildman–Crippen LogP) is -10.1. The van der Waals surface area contributed by atoms with Crippen LogP contribution in [-0.2, 0) is 35.8 Å². The first kappa shape index (κ1) is 33.7. The first-order valence-electron chi connectivity index (χ1n) is 9.98. The Morgan fingerprint density at radius 2 is 2.00 bits per heavy atom. The molecule has 3 aliphatic rings. The molecule has 0 saturated carbocycles. The second kappa shape index (κ2) is 13.9. The minimum absolute atomic E-state index is 0. The zero-order valence-corrected chi connectivity index (χ0v) is 27.8. The Bertz CT molecular complexity index is 1170. The maximum absolute atomic E-state index is 13.1. The van der Waals surface area contributed by atoms with Crippen molar-refractivity contribution in [1.29, 1.82) is 0 Å². The Balaban J connectivity index is 0.00000253. The van der Waals surface area contributed by atoms with E-state index in [0.29, 0.717) is 10.7 Å². The molecule has 0 spiro atoms. The van der Waals surface area contributed by atoms with Crippen LogP contribution < -0.4 is 79.4 Å². The van der Waals surface area contributed by atoms with Crippen molar-refractivity contribution >= 4 is 76.9 Å². The van der Waals surface area contributed by atoms with Gasteiger partial charge in [0.05, 0.1) is 28.0 Å². The number of tetrazole rings is 1. The van der Waals surface area contributed by atoms with Gasteiger partial charge in [0.25, 0.3) is 11.6 Å². The van der Waals surface area contributed by atoms with Crippen molar-refractivity contribution in [2.45, 2.75) is 20.8 Å². The molecule has 2 saturated heterocycles. The summed E-state index contributed by atoms with van der Waals surface area (Å²) >= 11 is 4.14. The number of methoxy groups -OCH3 is 1. The van der Waals surface area contributed by atoms with Crippen molar-refractivity contribution < 1.29 is 98.0 Å². The molecule has 38 heavy (non-hydrogen) atoms. The summed E-state index contributed by atoms with van der Waals surface area (Å²) in [7, 11) is 2.84. The number of thioether (sulfide) groups is 3. The molecule has 4 rings (SSSR count). The quantitative estimate of drug-likeness (QED) is 0.0620. The SMILES string of the molecule is COC1(NC(=O)CSC2SNC(=O)C2C(=O)[O-])C(=O)N2C(C(=O)[O-])=C(CSc3nnnn3C)CS[C@@H]21.[Na+].[Na+]. The van der Waals surface area contributed by atoms with Gasteiger partial charge in [-0.25, -0.2) is 4.68 Å². The van der Waals surface area contributed by atoms with Gasteiger partial charge < -0.3 is 29.9 Å². The summed E-state index contributed by atoms with van der Waals surface area (Å²) in [6.07, 6.45) is 0. The third kappa shape index (κ3) is 6.37. The van der Waals surface area contributed by atoms with Gasteiger partial charge >= 0.3 is 59.1 Å². The number of aryl methyl sites for hydroxylation is 1. The number of β-lactam (4-membered cyclic amide) rings is 1. The van der Waals surface area contributed by atoms with Crippen molar-refractivity contribution in [3.05, 3.63) is 11.3 Å². The standard InChI is InChI=1S/C17H19N7O8S4.2Na/c1-23-16(19-21-22-23)35-4-6-3-34-15-17(32-2,14(31)24(15)9(6)12(29)30)18-7(25)5-33-13-8(11(27)28)10(26)20-36-13;;/h8,13,15H,3-5H2,1-2H3,(H,18,25)(H,20,26)(H,27,28)(H,29,30);;/q;2*+1/p-2/t8?,13?,15-,17?;;/m1../s1. The zero-order valence-electron chi connectivity index (χ0n) is 20.5. The average molecular weight is 622 g/mol. The summed E-state index contributed by atoms with van der Waals surface area (Å²) in [4.78, 5) is 61.6. The Morgan fingerprint density at radius 1 is 1.29 bits per heavy atom. The third-order valence-electron chi connectivity index (χ3n) is 5.37. The second-order valence-corrected chi connectivity index (χ2v) is 11.9. The molecule has 3 amide bonds. The largest absolute Gasteiger partial charge is 1.00 e. The van der Waals surface area contributed by atoms with E-state index >= 15 is 0 Å². The third-order valence-corrected chi connectivity index (χ3v) is 10.4. The number of carbonyl (C=O) groups excluding carboxylic acids is 5. The minimum Gasteiger partial charge on any atom is -0.549 e. The molecule has 4 heterocycles. The van der Waals surface area contributed by atoms with Gasteiger partial charge in [0.2, 0.25) is 17.0 Å². The normalized spacial score (nSPS) is 25.9. The summed E-state index contributed by atoms with van der Waals surface area (Å²) < 4.78 is 8.32. The maximum Gasteiger partial charge on any atom is 1.00 e. The predicted molar refractivity (Wildman–Crippen MR) is 123 cm³/mol. The minimum atomic E-state index is -1.82.